The van der Waals surface area contributed by atoms with Crippen LogP contribution in [-0.4, -0.2) is 5.66 Å². The van der Waals surface area contributed by atoms with Gasteiger partial charge in [0.2, 0.25) is 0 Å². The van der Waals surface area contributed by atoms with Gasteiger partial charge in [-0.1, -0.05) is 55.7 Å². The normalized spacial score (nSPS) is 17.7. The minimum absolute atomic E-state index is 0.591. The maximum Gasteiger partial charge on any atom is 0.0873 e. The fourth-order valence-electron chi connectivity index (χ4n) is 2.19. The molecule has 2 heteroatoms. The molecule has 4 N–H and O–H groups in total. The number of nitrogens with two attached hydrogens (primary N) is 2. The molecule has 18 heavy (non-hydrogen) atoms. The van der Waals surface area contributed by atoms with Gasteiger partial charge in [-0.25, -0.2) is 0 Å². The molecular formula is C16H18N2. The number of rotatable bonds is 3. The van der Waals surface area contributed by atoms with Crippen LogP contribution in [0.5, 0.6) is 0 Å². The predicted octanol–water partition coefficient (Wildman–Crippen LogP) is 2.84. The maximum atomic E-state index is 5.94. The lowest BCUT2D eigenvalue weighted by atomic mass is 9.85. The van der Waals surface area contributed by atoms with Gasteiger partial charge in [-0.15, -0.1) is 0 Å². The fourth-order valence-corrected chi connectivity index (χ4v) is 2.19. The van der Waals surface area contributed by atoms with Crippen LogP contribution in [0.25, 0.3) is 11.6 Å². The van der Waals surface area contributed by atoms with Crippen molar-refractivity contribution < 1.29 is 0 Å². The molecule has 1 aliphatic rings. The highest BCUT2D eigenvalue weighted by molar-refractivity contribution is 5.84. The Bertz CT molecular complexity index is 548. The number of benzene rings is 1. The number of allylic oxidation sites excluding steroid dienone is 3. The summed E-state index contributed by atoms with van der Waals surface area (Å²) in [5.74, 6) is 0. The Hall–Kier alpha value is -1.90. The molecule has 0 atom stereocenters. The number of hydrogen-bond acceptors (Lipinski definition) is 2. The van der Waals surface area contributed by atoms with Crippen LogP contribution in [0, 0.1) is 0 Å². The highest BCUT2D eigenvalue weighted by atomic mass is 14.9. The maximum absolute atomic E-state index is 5.94. The first-order valence-electron chi connectivity index (χ1n) is 5.92. The summed E-state index contributed by atoms with van der Waals surface area (Å²) in [5.41, 5.74) is 15.5. The van der Waals surface area contributed by atoms with Gasteiger partial charge in [-0.3, -0.25) is 0 Å². The van der Waals surface area contributed by atoms with Crippen LogP contribution >= 0.6 is 0 Å². The Morgan fingerprint density at radius 2 is 1.83 bits per heavy atom. The minimum Gasteiger partial charge on any atom is -0.310 e. The first-order valence-corrected chi connectivity index (χ1v) is 5.92. The molecule has 0 fully saturated rings. The molecule has 0 heterocycles. The van der Waals surface area contributed by atoms with Gasteiger partial charge < -0.3 is 11.5 Å². The van der Waals surface area contributed by atoms with Crippen LogP contribution in [0.4, 0.5) is 0 Å². The van der Waals surface area contributed by atoms with Crippen LogP contribution in [0.2, 0.25) is 0 Å². The van der Waals surface area contributed by atoms with Gasteiger partial charge in [0, 0.05) is 6.42 Å². The molecule has 2 rings (SSSR count). The molecule has 0 saturated carbocycles. The fraction of sp³-hybridized carbons (Fsp3) is 0.125. The monoisotopic (exact) mass is 238 g/mol. The van der Waals surface area contributed by atoms with Crippen molar-refractivity contribution in [2.24, 2.45) is 11.5 Å². The third kappa shape index (κ3) is 2.35. The van der Waals surface area contributed by atoms with E-state index in [4.69, 9.17) is 11.5 Å². The van der Waals surface area contributed by atoms with Crippen molar-refractivity contribution in [3.63, 3.8) is 0 Å². The summed E-state index contributed by atoms with van der Waals surface area (Å²) in [6.45, 7) is 7.70. The van der Waals surface area contributed by atoms with Crippen molar-refractivity contribution in [2.75, 3.05) is 0 Å². The van der Waals surface area contributed by atoms with Gasteiger partial charge in [0.25, 0.3) is 0 Å². The lowest BCUT2D eigenvalue weighted by Crippen LogP contribution is -2.48. The van der Waals surface area contributed by atoms with Gasteiger partial charge in [0.15, 0.2) is 0 Å². The SMILES string of the molecule is C=CC1=C(c2ccccc2C=C)C=CC(N)(N)C1. The van der Waals surface area contributed by atoms with Gasteiger partial charge in [0.05, 0.1) is 5.66 Å². The van der Waals surface area contributed by atoms with Crippen molar-refractivity contribution in [1.82, 2.24) is 0 Å². The first-order chi connectivity index (χ1) is 8.57. The van der Waals surface area contributed by atoms with Gasteiger partial charge in [0.1, 0.15) is 0 Å². The summed E-state index contributed by atoms with van der Waals surface area (Å²) in [6, 6.07) is 8.12. The Morgan fingerprint density at radius 3 is 2.50 bits per heavy atom. The molecule has 0 spiro atoms. The highest BCUT2D eigenvalue weighted by Gasteiger charge is 2.23. The highest BCUT2D eigenvalue weighted by Crippen LogP contribution is 2.32. The minimum atomic E-state index is -0.782. The van der Waals surface area contributed by atoms with Gasteiger partial charge >= 0.3 is 0 Å². The third-order valence-corrected chi connectivity index (χ3v) is 3.12. The lowest BCUT2D eigenvalue weighted by molar-refractivity contribution is 0.549. The van der Waals surface area contributed by atoms with E-state index in [2.05, 4.69) is 19.2 Å². The van der Waals surface area contributed by atoms with E-state index in [1.165, 1.54) is 0 Å². The Balaban J connectivity index is 2.56. The molecule has 0 amide bonds. The van der Waals surface area contributed by atoms with E-state index in [-0.39, 0.29) is 0 Å². The zero-order valence-electron chi connectivity index (χ0n) is 10.4. The van der Waals surface area contributed by atoms with Crippen molar-refractivity contribution >= 4 is 11.6 Å². The second kappa shape index (κ2) is 4.77. The van der Waals surface area contributed by atoms with Crippen LogP contribution in [-0.2, 0) is 0 Å². The molecule has 0 aliphatic heterocycles. The van der Waals surface area contributed by atoms with Crippen molar-refractivity contribution in [3.05, 3.63) is 72.4 Å². The van der Waals surface area contributed by atoms with Crippen molar-refractivity contribution in [2.45, 2.75) is 12.1 Å². The Labute approximate surface area is 108 Å². The van der Waals surface area contributed by atoms with E-state index in [0.717, 1.165) is 22.3 Å². The first kappa shape index (κ1) is 12.6. The molecular weight excluding hydrogens is 220 g/mol. The zero-order valence-corrected chi connectivity index (χ0v) is 10.4. The average molecular weight is 238 g/mol. The van der Waals surface area contributed by atoms with E-state index in [1.54, 1.807) is 0 Å². The standard InChI is InChI=1S/C16H18N2/c1-3-12-7-5-6-8-14(12)15-9-10-16(17,18)11-13(15)4-2/h3-10H,1-2,11,17-18H2. The Morgan fingerprint density at radius 1 is 1.11 bits per heavy atom. The number of hydrogen-bond donors (Lipinski definition) is 2. The smallest absolute Gasteiger partial charge is 0.0873 e. The van der Waals surface area contributed by atoms with Gasteiger partial charge in [-0.05, 0) is 28.3 Å². The summed E-state index contributed by atoms with van der Waals surface area (Å²) >= 11 is 0. The van der Waals surface area contributed by atoms with E-state index >= 15 is 0 Å². The van der Waals surface area contributed by atoms with E-state index in [0.29, 0.717) is 6.42 Å². The lowest BCUT2D eigenvalue weighted by Gasteiger charge is -2.27. The average Bonchev–Trinajstić information content (AvgIpc) is 2.37. The molecule has 1 aromatic rings. The Kier molecular flexibility index (Phi) is 3.32. The molecule has 0 saturated heterocycles. The van der Waals surface area contributed by atoms with Crippen LogP contribution in [0.1, 0.15) is 17.5 Å². The third-order valence-electron chi connectivity index (χ3n) is 3.12. The van der Waals surface area contributed by atoms with E-state index < -0.39 is 5.66 Å². The summed E-state index contributed by atoms with van der Waals surface area (Å²) in [5, 5.41) is 0. The summed E-state index contributed by atoms with van der Waals surface area (Å²) in [4.78, 5) is 0. The predicted molar refractivity (Wildman–Crippen MR) is 78.5 cm³/mol. The molecule has 1 aliphatic carbocycles. The van der Waals surface area contributed by atoms with Crippen molar-refractivity contribution in [1.29, 1.82) is 0 Å². The molecule has 1 aromatic carbocycles. The summed E-state index contributed by atoms with van der Waals surface area (Å²) in [6.07, 6.45) is 8.09. The topological polar surface area (TPSA) is 52.0 Å². The quantitative estimate of drug-likeness (QED) is 0.796. The largest absolute Gasteiger partial charge is 0.310 e. The molecule has 0 unspecified atom stereocenters. The van der Waals surface area contributed by atoms with Crippen LogP contribution < -0.4 is 11.5 Å². The van der Waals surface area contributed by atoms with E-state index in [1.807, 2.05) is 42.5 Å². The molecule has 0 aromatic heterocycles. The second-order valence-corrected chi connectivity index (χ2v) is 4.56. The van der Waals surface area contributed by atoms with Crippen molar-refractivity contribution in [3.8, 4) is 0 Å². The molecule has 0 radical (unpaired) electrons. The molecule has 92 valence electrons. The second-order valence-electron chi connectivity index (χ2n) is 4.56. The molecule has 0 bridgehead atoms. The summed E-state index contributed by atoms with van der Waals surface area (Å²) < 4.78 is 0. The van der Waals surface area contributed by atoms with Crippen LogP contribution in [0.15, 0.2) is 61.2 Å². The van der Waals surface area contributed by atoms with E-state index in [9.17, 15) is 0 Å². The molecule has 2 nitrogen and oxygen atoms in total. The van der Waals surface area contributed by atoms with Gasteiger partial charge in [-0.2, -0.15) is 0 Å². The summed E-state index contributed by atoms with van der Waals surface area (Å²) in [7, 11) is 0. The zero-order chi connectivity index (χ0) is 13.2. The van der Waals surface area contributed by atoms with Crippen LogP contribution in [0.3, 0.4) is 0 Å².